The van der Waals surface area contributed by atoms with Crippen molar-refractivity contribution in [3.63, 3.8) is 0 Å². The minimum Gasteiger partial charge on any atom is -0.309 e. The largest absolute Gasteiger partial charge is 0.309 e. The second-order valence-corrected chi connectivity index (χ2v) is 7.61. The molecule has 3 nitrogen and oxygen atoms in total. The zero-order chi connectivity index (χ0) is 14.8. The summed E-state index contributed by atoms with van der Waals surface area (Å²) in [5.41, 5.74) is 3.36. The first-order valence-electron chi connectivity index (χ1n) is 8.25. The highest BCUT2D eigenvalue weighted by Crippen LogP contribution is 2.38. The van der Waals surface area contributed by atoms with E-state index >= 15 is 0 Å². The lowest BCUT2D eigenvalue weighted by molar-refractivity contribution is 0.289. The van der Waals surface area contributed by atoms with Crippen molar-refractivity contribution >= 4 is 11.3 Å². The van der Waals surface area contributed by atoms with Gasteiger partial charge in [-0.1, -0.05) is 30.3 Å². The Labute approximate surface area is 136 Å². The molecule has 1 saturated heterocycles. The zero-order valence-corrected chi connectivity index (χ0v) is 13.6. The number of thiazole rings is 1. The number of likely N-dealkylation sites (tertiary alicyclic amines) is 1. The monoisotopic (exact) mass is 313 g/mol. The highest BCUT2D eigenvalue weighted by Gasteiger charge is 2.42. The molecule has 2 heterocycles. The first-order chi connectivity index (χ1) is 10.9. The molecule has 1 aromatic heterocycles. The van der Waals surface area contributed by atoms with Gasteiger partial charge >= 0.3 is 0 Å². The maximum atomic E-state index is 4.16. The summed E-state index contributed by atoms with van der Waals surface area (Å²) in [6, 6.07) is 11.6. The fourth-order valence-electron chi connectivity index (χ4n) is 4.14. The van der Waals surface area contributed by atoms with E-state index in [4.69, 9.17) is 0 Å². The smallest absolute Gasteiger partial charge is 0.0794 e. The predicted molar refractivity (Wildman–Crippen MR) is 90.7 cm³/mol. The molecule has 1 saturated carbocycles. The Morgan fingerprint density at radius 3 is 2.91 bits per heavy atom. The summed E-state index contributed by atoms with van der Waals surface area (Å²) >= 11 is 1.75. The molecule has 0 amide bonds. The van der Waals surface area contributed by atoms with E-state index in [2.05, 4.69) is 45.5 Å². The zero-order valence-electron chi connectivity index (χ0n) is 12.8. The van der Waals surface area contributed by atoms with Crippen molar-refractivity contribution in [3.8, 4) is 0 Å². The molecule has 4 heteroatoms. The molecule has 0 radical (unpaired) electrons. The van der Waals surface area contributed by atoms with Crippen molar-refractivity contribution in [2.45, 2.75) is 32.0 Å². The van der Waals surface area contributed by atoms with Gasteiger partial charge in [-0.25, -0.2) is 0 Å². The first-order valence-corrected chi connectivity index (χ1v) is 9.13. The van der Waals surface area contributed by atoms with Crippen LogP contribution in [-0.2, 0) is 13.1 Å². The van der Waals surface area contributed by atoms with Crippen LogP contribution in [0.1, 0.15) is 23.3 Å². The van der Waals surface area contributed by atoms with Gasteiger partial charge in [0.1, 0.15) is 0 Å². The Balaban J connectivity index is 1.33. The van der Waals surface area contributed by atoms with E-state index in [-0.39, 0.29) is 0 Å². The minimum atomic E-state index is 0.688. The SMILES string of the molecule is c1ccc(CN2C[C@@H]3CC[C@H](NCc4cncs4)[C@@H]3C2)cc1. The Hall–Kier alpha value is -1.23. The van der Waals surface area contributed by atoms with Crippen molar-refractivity contribution in [1.29, 1.82) is 0 Å². The number of rotatable bonds is 5. The Kier molecular flexibility index (Phi) is 4.24. The van der Waals surface area contributed by atoms with Crippen molar-refractivity contribution in [2.24, 2.45) is 11.8 Å². The molecule has 116 valence electrons. The van der Waals surface area contributed by atoms with Crippen molar-refractivity contribution in [1.82, 2.24) is 15.2 Å². The van der Waals surface area contributed by atoms with Gasteiger partial charge in [-0.2, -0.15) is 0 Å². The third kappa shape index (κ3) is 3.09. The normalized spacial score (nSPS) is 28.1. The quantitative estimate of drug-likeness (QED) is 0.919. The number of hydrogen-bond acceptors (Lipinski definition) is 4. The molecule has 3 atom stereocenters. The second kappa shape index (κ2) is 6.49. The van der Waals surface area contributed by atoms with Gasteiger partial charge in [0.05, 0.1) is 5.51 Å². The van der Waals surface area contributed by atoms with E-state index in [1.807, 2.05) is 11.7 Å². The third-order valence-corrected chi connectivity index (χ3v) is 5.98. The van der Waals surface area contributed by atoms with Crippen LogP contribution in [-0.4, -0.2) is 29.0 Å². The molecule has 2 fully saturated rings. The lowest BCUT2D eigenvalue weighted by Gasteiger charge is -2.21. The van der Waals surface area contributed by atoms with Crippen LogP contribution >= 0.6 is 11.3 Å². The third-order valence-electron chi connectivity index (χ3n) is 5.20. The molecule has 0 spiro atoms. The summed E-state index contributed by atoms with van der Waals surface area (Å²) in [5, 5.41) is 3.78. The first kappa shape index (κ1) is 14.4. The van der Waals surface area contributed by atoms with E-state index in [9.17, 15) is 0 Å². The molecule has 2 aliphatic rings. The number of fused-ring (bicyclic) bond motifs is 1. The highest BCUT2D eigenvalue weighted by atomic mass is 32.1. The van der Waals surface area contributed by atoms with Crippen LogP contribution in [0.3, 0.4) is 0 Å². The van der Waals surface area contributed by atoms with E-state index in [1.54, 1.807) is 11.3 Å². The molecular formula is C18H23N3S. The standard InChI is InChI=1S/C18H23N3S/c1-2-4-14(5-3-1)10-21-11-15-6-7-18(17(15)12-21)20-9-16-8-19-13-22-16/h1-5,8,13,15,17-18,20H,6-7,9-12H2/t15-,17+,18-/m0/s1. The summed E-state index contributed by atoms with van der Waals surface area (Å²) in [6.45, 7) is 4.62. The van der Waals surface area contributed by atoms with Crippen LogP contribution < -0.4 is 5.32 Å². The van der Waals surface area contributed by atoms with Crippen molar-refractivity contribution < 1.29 is 0 Å². The average Bonchev–Trinajstić information content (AvgIpc) is 3.24. The molecule has 1 aromatic carbocycles. The van der Waals surface area contributed by atoms with Gasteiger partial charge in [0.25, 0.3) is 0 Å². The molecule has 0 unspecified atom stereocenters. The number of hydrogen-bond donors (Lipinski definition) is 1. The van der Waals surface area contributed by atoms with Crippen molar-refractivity contribution in [3.05, 3.63) is 52.5 Å². The summed E-state index contributed by atoms with van der Waals surface area (Å²) in [5.74, 6) is 1.72. The number of nitrogens with zero attached hydrogens (tertiary/aromatic N) is 2. The van der Waals surface area contributed by atoms with Crippen LogP contribution in [0.5, 0.6) is 0 Å². The van der Waals surface area contributed by atoms with Gasteiger partial charge in [0, 0.05) is 43.3 Å². The maximum absolute atomic E-state index is 4.16. The van der Waals surface area contributed by atoms with Gasteiger partial charge in [0.2, 0.25) is 0 Å². The lowest BCUT2D eigenvalue weighted by atomic mass is 9.98. The molecule has 4 rings (SSSR count). The molecular weight excluding hydrogens is 290 g/mol. The fraction of sp³-hybridized carbons (Fsp3) is 0.500. The maximum Gasteiger partial charge on any atom is 0.0794 e. The van der Waals surface area contributed by atoms with Crippen LogP contribution in [0.25, 0.3) is 0 Å². The summed E-state index contributed by atoms with van der Waals surface area (Å²) in [4.78, 5) is 8.16. The van der Waals surface area contributed by atoms with Gasteiger partial charge in [-0.05, 0) is 30.2 Å². The van der Waals surface area contributed by atoms with Crippen LogP contribution in [0.15, 0.2) is 42.0 Å². The molecule has 1 aliphatic heterocycles. The van der Waals surface area contributed by atoms with Gasteiger partial charge < -0.3 is 5.32 Å². The van der Waals surface area contributed by atoms with E-state index < -0.39 is 0 Å². The molecule has 2 aromatic rings. The Bertz CT molecular complexity index is 584. The van der Waals surface area contributed by atoms with E-state index in [0.29, 0.717) is 6.04 Å². The van der Waals surface area contributed by atoms with Crippen LogP contribution in [0, 0.1) is 11.8 Å². The molecule has 1 N–H and O–H groups in total. The van der Waals surface area contributed by atoms with Crippen LogP contribution in [0.4, 0.5) is 0 Å². The van der Waals surface area contributed by atoms with E-state index in [1.165, 1.54) is 36.4 Å². The summed E-state index contributed by atoms with van der Waals surface area (Å²) < 4.78 is 0. The Morgan fingerprint density at radius 1 is 1.18 bits per heavy atom. The molecule has 1 aliphatic carbocycles. The number of aromatic nitrogens is 1. The summed E-state index contributed by atoms with van der Waals surface area (Å²) in [6.07, 6.45) is 4.71. The number of benzene rings is 1. The lowest BCUT2D eigenvalue weighted by Crippen LogP contribution is -2.35. The fourth-order valence-corrected chi connectivity index (χ4v) is 4.69. The Morgan fingerprint density at radius 2 is 2.09 bits per heavy atom. The summed E-state index contributed by atoms with van der Waals surface area (Å²) in [7, 11) is 0. The topological polar surface area (TPSA) is 28.2 Å². The van der Waals surface area contributed by atoms with Gasteiger partial charge in [-0.3, -0.25) is 9.88 Å². The number of nitrogens with one attached hydrogen (secondary N) is 1. The van der Waals surface area contributed by atoms with Gasteiger partial charge in [0.15, 0.2) is 0 Å². The molecule has 0 bridgehead atoms. The molecule has 22 heavy (non-hydrogen) atoms. The van der Waals surface area contributed by atoms with E-state index in [0.717, 1.165) is 24.9 Å². The predicted octanol–water partition coefficient (Wildman–Crippen LogP) is 3.14. The minimum absolute atomic E-state index is 0.688. The van der Waals surface area contributed by atoms with Crippen molar-refractivity contribution in [2.75, 3.05) is 13.1 Å². The second-order valence-electron chi connectivity index (χ2n) is 6.64. The average molecular weight is 313 g/mol. The van der Waals surface area contributed by atoms with Gasteiger partial charge in [-0.15, -0.1) is 11.3 Å². The van der Waals surface area contributed by atoms with Crippen LogP contribution in [0.2, 0.25) is 0 Å². The highest BCUT2D eigenvalue weighted by molar-refractivity contribution is 7.09.